The van der Waals surface area contributed by atoms with Crippen LogP contribution in [0.1, 0.15) is 12.8 Å². The second kappa shape index (κ2) is 10.8. The Bertz CT molecular complexity index is 511. The van der Waals surface area contributed by atoms with Crippen LogP contribution in [0, 0.1) is 5.82 Å². The van der Waals surface area contributed by atoms with E-state index in [9.17, 15) is 4.39 Å². The van der Waals surface area contributed by atoms with Crippen molar-refractivity contribution in [2.45, 2.75) is 12.8 Å². The van der Waals surface area contributed by atoms with Gasteiger partial charge >= 0.3 is 0 Å². The predicted octanol–water partition coefficient (Wildman–Crippen LogP) is 0.547. The van der Waals surface area contributed by atoms with E-state index in [0.717, 1.165) is 39.0 Å². The van der Waals surface area contributed by atoms with Crippen LogP contribution in [-0.2, 0) is 0 Å². The standard InChI is InChI=1S/C17H28ClFN4S/c1-21(2)9-5-11-23(12-6-10-22(3)4)17(24)20-14-7-8-16(19)15(18)13-14/h7-8,13H,5-6,9-12H2,1-4H3,(H,20,24)/p+2. The van der Waals surface area contributed by atoms with Crippen LogP contribution >= 0.6 is 23.8 Å². The molecule has 24 heavy (non-hydrogen) atoms. The zero-order chi connectivity index (χ0) is 18.1. The first-order valence-electron chi connectivity index (χ1n) is 8.38. The number of anilines is 1. The fraction of sp³-hybridized carbons (Fsp3) is 0.588. The average molecular weight is 377 g/mol. The monoisotopic (exact) mass is 376 g/mol. The van der Waals surface area contributed by atoms with Gasteiger partial charge in [-0.15, -0.1) is 0 Å². The lowest BCUT2D eigenvalue weighted by Gasteiger charge is -2.26. The van der Waals surface area contributed by atoms with Gasteiger partial charge in [0.1, 0.15) is 5.82 Å². The van der Waals surface area contributed by atoms with Crippen molar-refractivity contribution < 1.29 is 14.2 Å². The molecule has 0 aliphatic carbocycles. The van der Waals surface area contributed by atoms with Gasteiger partial charge in [-0.05, 0) is 30.4 Å². The minimum atomic E-state index is -0.423. The van der Waals surface area contributed by atoms with Crippen molar-refractivity contribution in [1.29, 1.82) is 0 Å². The molecule has 0 fully saturated rings. The lowest BCUT2D eigenvalue weighted by Crippen LogP contribution is -3.05. The maximum Gasteiger partial charge on any atom is 0.173 e. The molecule has 0 aromatic heterocycles. The maximum atomic E-state index is 13.3. The van der Waals surface area contributed by atoms with E-state index >= 15 is 0 Å². The van der Waals surface area contributed by atoms with Gasteiger partial charge in [-0.25, -0.2) is 4.39 Å². The third kappa shape index (κ3) is 8.24. The molecule has 0 saturated heterocycles. The van der Waals surface area contributed by atoms with Crippen LogP contribution < -0.4 is 15.1 Å². The van der Waals surface area contributed by atoms with Gasteiger partial charge in [0.2, 0.25) is 0 Å². The van der Waals surface area contributed by atoms with Crippen LogP contribution in [0.25, 0.3) is 0 Å². The van der Waals surface area contributed by atoms with Gasteiger partial charge in [-0.3, -0.25) is 0 Å². The molecule has 0 aliphatic heterocycles. The van der Waals surface area contributed by atoms with Crippen molar-refractivity contribution in [1.82, 2.24) is 4.90 Å². The van der Waals surface area contributed by atoms with E-state index in [1.54, 1.807) is 12.1 Å². The second-order valence-electron chi connectivity index (χ2n) is 6.67. The van der Waals surface area contributed by atoms with Gasteiger partial charge in [0.25, 0.3) is 0 Å². The Balaban J connectivity index is 2.64. The molecule has 3 N–H and O–H groups in total. The molecular formula is C17H30ClFN4S+2. The number of rotatable bonds is 9. The fourth-order valence-corrected chi connectivity index (χ4v) is 2.82. The van der Waals surface area contributed by atoms with E-state index in [-0.39, 0.29) is 5.02 Å². The van der Waals surface area contributed by atoms with Crippen LogP contribution in [0.5, 0.6) is 0 Å². The van der Waals surface area contributed by atoms with Crippen molar-refractivity contribution >= 4 is 34.6 Å². The summed E-state index contributed by atoms with van der Waals surface area (Å²) in [7, 11) is 8.60. The lowest BCUT2D eigenvalue weighted by molar-refractivity contribution is -0.858. The summed E-state index contributed by atoms with van der Waals surface area (Å²) in [5.74, 6) is -0.423. The largest absolute Gasteiger partial charge is 0.349 e. The molecule has 7 heteroatoms. The SMILES string of the molecule is C[NH+](C)CCCN(CCC[NH+](C)C)C(=S)Nc1ccc(F)c(Cl)c1. The Hall–Kier alpha value is -0.950. The van der Waals surface area contributed by atoms with Crippen LogP contribution in [0.3, 0.4) is 0 Å². The number of benzene rings is 1. The highest BCUT2D eigenvalue weighted by Crippen LogP contribution is 2.19. The number of hydrogen-bond acceptors (Lipinski definition) is 1. The number of hydrogen-bond donors (Lipinski definition) is 3. The minimum Gasteiger partial charge on any atom is -0.349 e. The molecule has 4 nitrogen and oxygen atoms in total. The molecule has 0 bridgehead atoms. The van der Waals surface area contributed by atoms with Crippen LogP contribution in [0.4, 0.5) is 10.1 Å². The summed E-state index contributed by atoms with van der Waals surface area (Å²) < 4.78 is 13.3. The number of nitrogens with one attached hydrogen (secondary N) is 3. The summed E-state index contributed by atoms with van der Waals surface area (Å²) in [6.07, 6.45) is 2.15. The summed E-state index contributed by atoms with van der Waals surface area (Å²) in [6, 6.07) is 4.57. The van der Waals surface area contributed by atoms with E-state index < -0.39 is 5.82 Å². The van der Waals surface area contributed by atoms with Gasteiger partial charge in [0, 0.05) is 31.6 Å². The highest BCUT2D eigenvalue weighted by Gasteiger charge is 2.12. The highest BCUT2D eigenvalue weighted by molar-refractivity contribution is 7.80. The van der Waals surface area contributed by atoms with Crippen molar-refractivity contribution in [2.24, 2.45) is 0 Å². The Labute approximate surface area is 155 Å². The quantitative estimate of drug-likeness (QED) is 0.549. The van der Waals surface area contributed by atoms with E-state index in [4.69, 9.17) is 23.8 Å². The fourth-order valence-electron chi connectivity index (χ4n) is 2.34. The zero-order valence-corrected chi connectivity index (χ0v) is 16.7. The molecule has 0 radical (unpaired) electrons. The summed E-state index contributed by atoms with van der Waals surface area (Å²) in [6.45, 7) is 4.02. The molecule has 0 atom stereocenters. The molecule has 136 valence electrons. The van der Waals surface area contributed by atoms with Gasteiger partial charge in [-0.2, -0.15) is 0 Å². The van der Waals surface area contributed by atoms with Gasteiger partial charge < -0.3 is 20.0 Å². The van der Waals surface area contributed by atoms with Gasteiger partial charge in [0.05, 0.1) is 46.3 Å². The molecule has 1 rings (SSSR count). The van der Waals surface area contributed by atoms with E-state index in [1.807, 2.05) is 0 Å². The Morgan fingerprint density at radius 3 is 2.12 bits per heavy atom. The van der Waals surface area contributed by atoms with Crippen molar-refractivity contribution in [2.75, 3.05) is 59.7 Å². The second-order valence-corrected chi connectivity index (χ2v) is 7.46. The number of nitrogens with zero attached hydrogens (tertiary/aromatic N) is 1. The van der Waals surface area contributed by atoms with Crippen LogP contribution in [0.2, 0.25) is 5.02 Å². The van der Waals surface area contributed by atoms with Crippen molar-refractivity contribution in [3.8, 4) is 0 Å². The first-order valence-corrected chi connectivity index (χ1v) is 9.17. The molecule has 0 unspecified atom stereocenters. The molecular weight excluding hydrogens is 347 g/mol. The Morgan fingerprint density at radius 2 is 1.67 bits per heavy atom. The molecule has 0 amide bonds. The average Bonchev–Trinajstić information content (AvgIpc) is 2.48. The highest BCUT2D eigenvalue weighted by atomic mass is 35.5. The molecule has 0 saturated carbocycles. The summed E-state index contributed by atoms with van der Waals surface area (Å²) in [5.41, 5.74) is 0.716. The third-order valence-electron chi connectivity index (χ3n) is 3.67. The maximum absolute atomic E-state index is 13.3. The minimum absolute atomic E-state index is 0.0989. The number of quaternary nitrogens is 2. The summed E-state index contributed by atoms with van der Waals surface area (Å²) in [5, 5.41) is 3.94. The number of thiocarbonyl (C=S) groups is 1. The summed E-state index contributed by atoms with van der Waals surface area (Å²) in [4.78, 5) is 5.05. The first kappa shape index (κ1) is 21.1. The van der Waals surface area contributed by atoms with Crippen molar-refractivity contribution in [3.63, 3.8) is 0 Å². The predicted molar refractivity (Wildman–Crippen MR) is 104 cm³/mol. The van der Waals surface area contributed by atoms with Crippen LogP contribution in [0.15, 0.2) is 18.2 Å². The van der Waals surface area contributed by atoms with E-state index in [1.165, 1.54) is 15.9 Å². The normalized spacial score (nSPS) is 11.2. The van der Waals surface area contributed by atoms with E-state index in [0.29, 0.717) is 10.8 Å². The van der Waals surface area contributed by atoms with Gasteiger partial charge in [-0.1, -0.05) is 11.6 Å². The third-order valence-corrected chi connectivity index (χ3v) is 4.32. The Morgan fingerprint density at radius 1 is 1.12 bits per heavy atom. The summed E-state index contributed by atoms with van der Waals surface area (Å²) >= 11 is 11.4. The molecule has 0 aliphatic rings. The lowest BCUT2D eigenvalue weighted by atomic mass is 10.3. The smallest absolute Gasteiger partial charge is 0.173 e. The molecule has 0 heterocycles. The first-order chi connectivity index (χ1) is 11.3. The van der Waals surface area contributed by atoms with E-state index in [2.05, 4.69) is 38.4 Å². The number of halogens is 2. The Kier molecular flexibility index (Phi) is 9.51. The molecule has 1 aromatic rings. The van der Waals surface area contributed by atoms with Crippen LogP contribution in [-0.4, -0.2) is 64.4 Å². The molecule has 1 aromatic carbocycles. The van der Waals surface area contributed by atoms with Gasteiger partial charge in [0.15, 0.2) is 5.11 Å². The zero-order valence-electron chi connectivity index (χ0n) is 15.1. The topological polar surface area (TPSA) is 24.1 Å². The van der Waals surface area contributed by atoms with Crippen molar-refractivity contribution in [3.05, 3.63) is 29.0 Å². The molecule has 0 spiro atoms.